The van der Waals surface area contributed by atoms with Crippen LogP contribution in [0.2, 0.25) is 0 Å². The molecule has 0 aliphatic carbocycles. The molecule has 0 aromatic carbocycles. The highest BCUT2D eigenvalue weighted by molar-refractivity contribution is 7.82. The molecule has 3 heteroatoms. The lowest BCUT2D eigenvalue weighted by molar-refractivity contribution is 0.546. The first kappa shape index (κ1) is 7.59. The van der Waals surface area contributed by atoms with Crippen LogP contribution in [0.15, 0.2) is 23.6 Å². The zero-order valence-corrected chi connectivity index (χ0v) is 5.40. The third-order valence-corrected chi connectivity index (χ3v) is 1.17. The first-order valence-electron chi connectivity index (χ1n) is 2.05. The van der Waals surface area contributed by atoms with Crippen molar-refractivity contribution in [2.75, 3.05) is 0 Å². The van der Waals surface area contributed by atoms with E-state index in [1.54, 1.807) is 6.92 Å². The summed E-state index contributed by atoms with van der Waals surface area (Å²) in [4.78, 5) is 0. The molecule has 0 amide bonds. The zero-order valence-electron chi connectivity index (χ0n) is 4.59. The van der Waals surface area contributed by atoms with Gasteiger partial charge < -0.3 is 4.55 Å². The quantitative estimate of drug-likeness (QED) is 0.413. The van der Waals surface area contributed by atoms with Crippen molar-refractivity contribution in [3.63, 3.8) is 0 Å². The second-order valence-corrected chi connectivity index (χ2v) is 2.08. The van der Waals surface area contributed by atoms with E-state index < -0.39 is 11.1 Å². The van der Waals surface area contributed by atoms with Crippen LogP contribution in [-0.4, -0.2) is 8.76 Å². The summed E-state index contributed by atoms with van der Waals surface area (Å²) in [7, 11) is 0. The molecule has 2 nitrogen and oxygen atoms in total. The second kappa shape index (κ2) is 3.57. The Kier molecular flexibility index (Phi) is 3.39. The number of rotatable bonds is 2. The first-order valence-corrected chi connectivity index (χ1v) is 3.19. The highest BCUT2D eigenvalue weighted by Gasteiger charge is 1.75. The van der Waals surface area contributed by atoms with Gasteiger partial charge in [-0.05, 0) is 29.0 Å². The molecule has 0 spiro atoms. The Bertz CT molecular complexity index is 137. The minimum absolute atomic E-state index is 0.651. The summed E-state index contributed by atoms with van der Waals surface area (Å²) in [6, 6.07) is 0. The molecule has 1 unspecified atom stereocenters. The Morgan fingerprint density at radius 1 is 1.88 bits per heavy atom. The minimum atomic E-state index is -2.08. The maximum atomic E-state index is 9.84. The molecular formula is C5H7O2S-. The van der Waals surface area contributed by atoms with E-state index in [2.05, 4.69) is 6.58 Å². The lowest BCUT2D eigenvalue weighted by Gasteiger charge is -1.95. The van der Waals surface area contributed by atoms with Crippen LogP contribution in [-0.2, 0) is 11.1 Å². The molecule has 46 valence electrons. The van der Waals surface area contributed by atoms with Crippen molar-refractivity contribution in [3.05, 3.63) is 23.6 Å². The van der Waals surface area contributed by atoms with Gasteiger partial charge in [0.1, 0.15) is 0 Å². The summed E-state index contributed by atoms with van der Waals surface area (Å²) >= 11 is -2.08. The van der Waals surface area contributed by atoms with Crippen molar-refractivity contribution in [3.8, 4) is 0 Å². The van der Waals surface area contributed by atoms with Crippen molar-refractivity contribution < 1.29 is 8.76 Å². The normalized spacial score (nSPS) is 15.5. The lowest BCUT2D eigenvalue weighted by atomic mass is 10.4. The number of hydrogen-bond donors (Lipinski definition) is 0. The molecule has 0 aromatic rings. The average Bonchev–Trinajstić information content (AvgIpc) is 1.65. The van der Waals surface area contributed by atoms with Gasteiger partial charge >= 0.3 is 0 Å². The Hall–Kier alpha value is -0.410. The SMILES string of the molecule is C=C/C(C)=C\S(=O)[O-]. The summed E-state index contributed by atoms with van der Waals surface area (Å²) in [6.45, 7) is 5.04. The van der Waals surface area contributed by atoms with Crippen molar-refractivity contribution in [1.82, 2.24) is 0 Å². The molecule has 0 saturated carbocycles. The number of allylic oxidation sites excluding steroid dienone is 2. The fourth-order valence-corrected chi connectivity index (χ4v) is 0.600. The number of hydrogen-bond acceptors (Lipinski definition) is 2. The molecule has 0 heterocycles. The Balaban J connectivity index is 3.94. The molecule has 0 N–H and O–H groups in total. The monoisotopic (exact) mass is 131 g/mol. The third-order valence-electron chi connectivity index (χ3n) is 0.604. The molecule has 0 bridgehead atoms. The summed E-state index contributed by atoms with van der Waals surface area (Å²) in [6.07, 6.45) is 1.48. The predicted octanol–water partition coefficient (Wildman–Crippen LogP) is 0.955. The lowest BCUT2D eigenvalue weighted by Crippen LogP contribution is -1.78. The van der Waals surface area contributed by atoms with E-state index in [-0.39, 0.29) is 0 Å². The Morgan fingerprint density at radius 3 is 2.50 bits per heavy atom. The molecule has 1 atom stereocenters. The van der Waals surface area contributed by atoms with Gasteiger partial charge in [0, 0.05) is 0 Å². The van der Waals surface area contributed by atoms with Crippen molar-refractivity contribution in [2.24, 2.45) is 0 Å². The van der Waals surface area contributed by atoms with Crippen LogP contribution in [0.5, 0.6) is 0 Å². The molecular weight excluding hydrogens is 124 g/mol. The smallest absolute Gasteiger partial charge is 0.00861 e. The minimum Gasteiger partial charge on any atom is -0.769 e. The van der Waals surface area contributed by atoms with E-state index in [9.17, 15) is 8.76 Å². The first-order chi connectivity index (χ1) is 3.66. The third kappa shape index (κ3) is 3.77. The van der Waals surface area contributed by atoms with Gasteiger partial charge in [0.15, 0.2) is 0 Å². The van der Waals surface area contributed by atoms with Gasteiger partial charge in [-0.1, -0.05) is 12.7 Å². The van der Waals surface area contributed by atoms with Gasteiger partial charge in [-0.2, -0.15) is 0 Å². The highest BCUT2D eigenvalue weighted by Crippen LogP contribution is 1.92. The molecule has 0 aliphatic heterocycles. The van der Waals surface area contributed by atoms with Crippen molar-refractivity contribution in [2.45, 2.75) is 6.92 Å². The molecule has 0 saturated heterocycles. The maximum absolute atomic E-state index is 9.84. The largest absolute Gasteiger partial charge is 0.769 e. The van der Waals surface area contributed by atoms with E-state index in [1.807, 2.05) is 0 Å². The van der Waals surface area contributed by atoms with E-state index in [4.69, 9.17) is 0 Å². The standard InChI is InChI=1S/C5H8O2S/c1-3-5(2)4-8(6)7/h3-4H,1H2,2H3,(H,6,7)/p-1/b5-4-. The summed E-state index contributed by atoms with van der Waals surface area (Å²) in [5.74, 6) is 0. The van der Waals surface area contributed by atoms with Crippen molar-refractivity contribution >= 4 is 11.1 Å². The topological polar surface area (TPSA) is 40.1 Å². The fourth-order valence-electron chi connectivity index (χ4n) is 0.200. The van der Waals surface area contributed by atoms with Crippen LogP contribution in [0.1, 0.15) is 6.92 Å². The van der Waals surface area contributed by atoms with Crippen LogP contribution in [0, 0.1) is 0 Å². The Morgan fingerprint density at radius 2 is 2.38 bits per heavy atom. The van der Waals surface area contributed by atoms with Gasteiger partial charge in [-0.25, -0.2) is 0 Å². The van der Waals surface area contributed by atoms with Crippen LogP contribution in [0.3, 0.4) is 0 Å². The van der Waals surface area contributed by atoms with Crippen LogP contribution >= 0.6 is 0 Å². The van der Waals surface area contributed by atoms with Gasteiger partial charge in [0.25, 0.3) is 0 Å². The summed E-state index contributed by atoms with van der Waals surface area (Å²) in [5.41, 5.74) is 0.651. The molecule has 0 rings (SSSR count). The second-order valence-electron chi connectivity index (χ2n) is 1.33. The summed E-state index contributed by atoms with van der Waals surface area (Å²) in [5, 5.41) is 1.10. The van der Waals surface area contributed by atoms with E-state index in [0.717, 1.165) is 5.41 Å². The Labute approximate surface area is 51.2 Å². The van der Waals surface area contributed by atoms with Gasteiger partial charge in [-0.3, -0.25) is 4.21 Å². The zero-order chi connectivity index (χ0) is 6.57. The van der Waals surface area contributed by atoms with Crippen LogP contribution in [0.4, 0.5) is 0 Å². The maximum Gasteiger partial charge on any atom is -0.00861 e. The van der Waals surface area contributed by atoms with Crippen LogP contribution in [0.25, 0.3) is 0 Å². The van der Waals surface area contributed by atoms with E-state index in [0.29, 0.717) is 5.57 Å². The van der Waals surface area contributed by atoms with Gasteiger partial charge in [0.05, 0.1) is 0 Å². The molecule has 0 aromatic heterocycles. The van der Waals surface area contributed by atoms with Crippen LogP contribution < -0.4 is 0 Å². The average molecular weight is 131 g/mol. The van der Waals surface area contributed by atoms with Crippen molar-refractivity contribution in [1.29, 1.82) is 0 Å². The molecule has 8 heavy (non-hydrogen) atoms. The fraction of sp³-hybridized carbons (Fsp3) is 0.200. The highest BCUT2D eigenvalue weighted by atomic mass is 32.2. The predicted molar refractivity (Wildman–Crippen MR) is 32.9 cm³/mol. The van der Waals surface area contributed by atoms with Gasteiger partial charge in [-0.15, -0.1) is 0 Å². The van der Waals surface area contributed by atoms with E-state index in [1.165, 1.54) is 6.08 Å². The van der Waals surface area contributed by atoms with E-state index >= 15 is 0 Å². The van der Waals surface area contributed by atoms with Gasteiger partial charge in [0.2, 0.25) is 0 Å². The molecule has 0 fully saturated rings. The molecule has 0 radical (unpaired) electrons. The molecule has 0 aliphatic rings. The summed E-state index contributed by atoms with van der Waals surface area (Å²) < 4.78 is 19.7.